The molecule has 1 aliphatic rings. The molecule has 0 atom stereocenters. The van der Waals surface area contributed by atoms with E-state index in [0.29, 0.717) is 25.9 Å². The van der Waals surface area contributed by atoms with E-state index < -0.39 is 11.7 Å². The molecule has 0 aromatic heterocycles. The highest BCUT2D eigenvalue weighted by atomic mass is 16.6. The molecular weight excluding hydrogens is 372 g/mol. The van der Waals surface area contributed by atoms with Crippen molar-refractivity contribution in [1.29, 1.82) is 0 Å². The van der Waals surface area contributed by atoms with Crippen molar-refractivity contribution >= 4 is 12.0 Å². The number of piperidine rings is 1. The molecule has 3 rings (SSSR count). The molecule has 0 bridgehead atoms. The maximum Gasteiger partial charge on any atom is 0.410 e. The van der Waals surface area contributed by atoms with Gasteiger partial charge in [-0.1, -0.05) is 36.4 Å². The number of methoxy groups -OCH3 is 1. The molecule has 154 valence electrons. The lowest BCUT2D eigenvalue weighted by atomic mass is 9.84. The van der Waals surface area contributed by atoms with Gasteiger partial charge in [-0.15, -0.1) is 0 Å². The predicted octanol–water partition coefficient (Wildman–Crippen LogP) is 2.53. The van der Waals surface area contributed by atoms with Gasteiger partial charge in [-0.3, -0.25) is 4.79 Å². The minimum absolute atomic E-state index is 0.303. The predicted molar refractivity (Wildman–Crippen MR) is 109 cm³/mol. The van der Waals surface area contributed by atoms with E-state index in [-0.39, 0.29) is 12.5 Å². The Kier molecular flexibility index (Phi) is 6.39. The standard InChI is InChI=1S/C22H26N2O5/c1-23-20(25)15-29-21(26)24-13-11-22(27,12-14-24)18-7-3-16(4-8-18)17-5-9-19(28-2)10-6-17/h3-10,27H,11-15H2,1-2H3,(H,23,25). The minimum Gasteiger partial charge on any atom is -0.497 e. The van der Waals surface area contributed by atoms with E-state index in [9.17, 15) is 14.7 Å². The number of aliphatic hydroxyl groups is 1. The fraction of sp³-hybridized carbons (Fsp3) is 0.364. The summed E-state index contributed by atoms with van der Waals surface area (Å²) in [5.74, 6) is 0.448. The summed E-state index contributed by atoms with van der Waals surface area (Å²) in [5.41, 5.74) is 1.96. The zero-order valence-electron chi connectivity index (χ0n) is 16.7. The maximum absolute atomic E-state index is 12.0. The second-order valence-corrected chi connectivity index (χ2v) is 7.05. The van der Waals surface area contributed by atoms with Crippen LogP contribution in [0.25, 0.3) is 11.1 Å². The minimum atomic E-state index is -0.990. The largest absolute Gasteiger partial charge is 0.497 e. The summed E-state index contributed by atoms with van der Waals surface area (Å²) in [5, 5.41) is 13.5. The highest BCUT2D eigenvalue weighted by molar-refractivity contribution is 5.79. The number of likely N-dealkylation sites (N-methyl/N-ethyl adjacent to an activating group) is 1. The van der Waals surface area contributed by atoms with Crippen molar-refractivity contribution in [3.8, 4) is 16.9 Å². The zero-order valence-corrected chi connectivity index (χ0v) is 16.7. The van der Waals surface area contributed by atoms with Gasteiger partial charge in [0.15, 0.2) is 6.61 Å². The Hall–Kier alpha value is -3.06. The Morgan fingerprint density at radius 3 is 2.10 bits per heavy atom. The third kappa shape index (κ3) is 4.86. The van der Waals surface area contributed by atoms with E-state index in [2.05, 4.69) is 5.32 Å². The number of hydrogen-bond donors (Lipinski definition) is 2. The first kappa shape index (κ1) is 20.7. The fourth-order valence-corrected chi connectivity index (χ4v) is 3.40. The SMILES string of the molecule is CNC(=O)COC(=O)N1CCC(O)(c2ccc(-c3ccc(OC)cc3)cc2)CC1. The number of benzene rings is 2. The third-order valence-electron chi connectivity index (χ3n) is 5.30. The summed E-state index contributed by atoms with van der Waals surface area (Å²) >= 11 is 0. The van der Waals surface area contributed by atoms with Gasteiger partial charge in [-0.2, -0.15) is 0 Å². The highest BCUT2D eigenvalue weighted by Crippen LogP contribution is 2.34. The van der Waals surface area contributed by atoms with E-state index in [0.717, 1.165) is 22.4 Å². The first-order valence-corrected chi connectivity index (χ1v) is 9.55. The number of carbonyl (C=O) groups excluding carboxylic acids is 2. The molecule has 7 heteroatoms. The van der Waals surface area contributed by atoms with Crippen molar-refractivity contribution in [2.45, 2.75) is 18.4 Å². The molecule has 1 heterocycles. The first-order valence-electron chi connectivity index (χ1n) is 9.55. The van der Waals surface area contributed by atoms with Crippen molar-refractivity contribution in [1.82, 2.24) is 10.2 Å². The molecule has 0 saturated carbocycles. The molecule has 2 aromatic rings. The van der Waals surface area contributed by atoms with Crippen molar-refractivity contribution in [3.05, 3.63) is 54.1 Å². The molecular formula is C22H26N2O5. The molecule has 0 radical (unpaired) electrons. The summed E-state index contributed by atoms with van der Waals surface area (Å²) in [7, 11) is 3.12. The van der Waals surface area contributed by atoms with Crippen LogP contribution in [0.4, 0.5) is 4.79 Å². The van der Waals surface area contributed by atoms with Gasteiger partial charge in [0.1, 0.15) is 5.75 Å². The van der Waals surface area contributed by atoms with E-state index in [1.165, 1.54) is 11.9 Å². The average Bonchev–Trinajstić information content (AvgIpc) is 2.78. The summed E-state index contributed by atoms with van der Waals surface area (Å²) in [6.07, 6.45) is 0.277. The molecule has 1 fully saturated rings. The van der Waals surface area contributed by atoms with Crippen LogP contribution in [-0.2, 0) is 15.1 Å². The maximum atomic E-state index is 12.0. The lowest BCUT2D eigenvalue weighted by Gasteiger charge is -2.38. The van der Waals surface area contributed by atoms with Gasteiger partial charge in [0.05, 0.1) is 12.7 Å². The number of ether oxygens (including phenoxy) is 2. The van der Waals surface area contributed by atoms with Crippen LogP contribution in [0.15, 0.2) is 48.5 Å². The molecule has 1 saturated heterocycles. The quantitative estimate of drug-likeness (QED) is 0.808. The van der Waals surface area contributed by atoms with Crippen LogP contribution in [0, 0.1) is 0 Å². The van der Waals surface area contributed by atoms with Crippen LogP contribution in [0.3, 0.4) is 0 Å². The van der Waals surface area contributed by atoms with Crippen molar-refractivity contribution in [2.75, 3.05) is 33.9 Å². The molecule has 29 heavy (non-hydrogen) atoms. The lowest BCUT2D eigenvalue weighted by Crippen LogP contribution is -2.45. The zero-order chi connectivity index (χ0) is 20.9. The van der Waals surface area contributed by atoms with Gasteiger partial charge in [0, 0.05) is 20.1 Å². The van der Waals surface area contributed by atoms with Crippen molar-refractivity contribution < 1.29 is 24.2 Å². The van der Waals surface area contributed by atoms with Gasteiger partial charge in [0.2, 0.25) is 0 Å². The monoisotopic (exact) mass is 398 g/mol. The van der Waals surface area contributed by atoms with Crippen molar-refractivity contribution in [3.63, 3.8) is 0 Å². The number of likely N-dealkylation sites (tertiary alicyclic amines) is 1. The van der Waals surface area contributed by atoms with Crippen LogP contribution in [0.2, 0.25) is 0 Å². The van der Waals surface area contributed by atoms with Crippen LogP contribution >= 0.6 is 0 Å². The van der Waals surface area contributed by atoms with Crippen molar-refractivity contribution in [2.24, 2.45) is 0 Å². The van der Waals surface area contributed by atoms with E-state index in [4.69, 9.17) is 9.47 Å². The second-order valence-electron chi connectivity index (χ2n) is 7.05. The molecule has 2 N–H and O–H groups in total. The summed E-state index contributed by atoms with van der Waals surface area (Å²) in [4.78, 5) is 24.8. The van der Waals surface area contributed by atoms with E-state index >= 15 is 0 Å². The third-order valence-corrected chi connectivity index (χ3v) is 5.30. The lowest BCUT2D eigenvalue weighted by molar-refractivity contribution is -0.124. The molecule has 2 amide bonds. The van der Waals surface area contributed by atoms with Crippen LogP contribution in [-0.4, -0.2) is 55.9 Å². The van der Waals surface area contributed by atoms with Crippen LogP contribution < -0.4 is 10.1 Å². The first-order chi connectivity index (χ1) is 13.9. The Morgan fingerprint density at radius 2 is 1.59 bits per heavy atom. The Balaban J connectivity index is 1.61. The Morgan fingerprint density at radius 1 is 1.03 bits per heavy atom. The average molecular weight is 398 g/mol. The van der Waals surface area contributed by atoms with Gasteiger partial charge < -0.3 is 24.8 Å². The summed E-state index contributed by atoms with van der Waals surface area (Å²) < 4.78 is 10.2. The molecule has 7 nitrogen and oxygen atoms in total. The number of nitrogens with zero attached hydrogens (tertiary/aromatic N) is 1. The number of nitrogens with one attached hydrogen (secondary N) is 1. The highest BCUT2D eigenvalue weighted by Gasteiger charge is 2.36. The number of amides is 2. The Labute approximate surface area is 170 Å². The van der Waals surface area contributed by atoms with Crippen LogP contribution in [0.5, 0.6) is 5.75 Å². The smallest absolute Gasteiger partial charge is 0.410 e. The summed E-state index contributed by atoms with van der Waals surface area (Å²) in [6, 6.07) is 15.6. The molecule has 1 aliphatic heterocycles. The summed E-state index contributed by atoms with van der Waals surface area (Å²) in [6.45, 7) is 0.426. The van der Waals surface area contributed by atoms with E-state index in [1.807, 2.05) is 48.5 Å². The van der Waals surface area contributed by atoms with Gasteiger partial charge in [0.25, 0.3) is 5.91 Å². The molecule has 0 aliphatic carbocycles. The normalized spacial score (nSPS) is 15.5. The topological polar surface area (TPSA) is 88.1 Å². The van der Waals surface area contributed by atoms with Gasteiger partial charge >= 0.3 is 6.09 Å². The number of carbonyl (C=O) groups is 2. The Bertz CT molecular complexity index is 841. The number of hydrogen-bond acceptors (Lipinski definition) is 5. The number of rotatable bonds is 5. The molecule has 2 aromatic carbocycles. The van der Waals surface area contributed by atoms with E-state index in [1.54, 1.807) is 7.11 Å². The fourth-order valence-electron chi connectivity index (χ4n) is 3.40. The van der Waals surface area contributed by atoms with Gasteiger partial charge in [-0.05, 0) is 41.7 Å². The molecule has 0 spiro atoms. The second kappa shape index (κ2) is 8.96. The van der Waals surface area contributed by atoms with Gasteiger partial charge in [-0.25, -0.2) is 4.79 Å². The van der Waals surface area contributed by atoms with Crippen LogP contribution in [0.1, 0.15) is 18.4 Å². The molecule has 0 unspecified atom stereocenters.